The van der Waals surface area contributed by atoms with E-state index in [-0.39, 0.29) is 29.5 Å². The van der Waals surface area contributed by atoms with Gasteiger partial charge < -0.3 is 10.2 Å². The Hall–Kier alpha value is -3.28. The molecule has 0 radical (unpaired) electrons. The molecule has 0 heterocycles. The van der Waals surface area contributed by atoms with Crippen LogP contribution in [0.15, 0.2) is 60.7 Å². The second-order valence-electron chi connectivity index (χ2n) is 6.82. The molecule has 150 valence electrons. The van der Waals surface area contributed by atoms with Gasteiger partial charge in [0.05, 0.1) is 0 Å². The molecule has 0 saturated heterocycles. The summed E-state index contributed by atoms with van der Waals surface area (Å²) in [6.45, 7) is 0.743. The molecule has 2 amide bonds. The van der Waals surface area contributed by atoms with Gasteiger partial charge >= 0.3 is 0 Å². The standard InChI is InChI=1S/C23H22F2N2O2/c24-19-7-1-17(2-8-19)5-13-22(28)26-15-16-27(21-11-12-21)23(29)14-6-18-3-9-20(25)10-4-18/h1-10,13-14,21H,11-12,15-16H2,(H,26,28). The zero-order valence-electron chi connectivity index (χ0n) is 15.9. The molecule has 29 heavy (non-hydrogen) atoms. The Morgan fingerprint density at radius 1 is 0.897 bits per heavy atom. The van der Waals surface area contributed by atoms with Crippen LogP contribution in [0.25, 0.3) is 12.2 Å². The van der Waals surface area contributed by atoms with Crippen molar-refractivity contribution in [3.8, 4) is 0 Å². The summed E-state index contributed by atoms with van der Waals surface area (Å²) in [5.74, 6) is -1.06. The smallest absolute Gasteiger partial charge is 0.246 e. The van der Waals surface area contributed by atoms with Gasteiger partial charge in [-0.2, -0.15) is 0 Å². The van der Waals surface area contributed by atoms with Gasteiger partial charge in [0.1, 0.15) is 11.6 Å². The predicted molar refractivity (Wildman–Crippen MR) is 109 cm³/mol. The van der Waals surface area contributed by atoms with Crippen LogP contribution in [0.3, 0.4) is 0 Å². The van der Waals surface area contributed by atoms with Crippen LogP contribution < -0.4 is 5.32 Å². The van der Waals surface area contributed by atoms with Crippen molar-refractivity contribution in [2.45, 2.75) is 18.9 Å². The molecule has 1 N–H and O–H groups in total. The molecule has 0 spiro atoms. The molecular formula is C23H22F2N2O2. The summed E-state index contributed by atoms with van der Waals surface area (Å²) < 4.78 is 25.8. The Bertz CT molecular complexity index is 901. The number of benzene rings is 2. The van der Waals surface area contributed by atoms with Crippen molar-refractivity contribution < 1.29 is 18.4 Å². The van der Waals surface area contributed by atoms with Gasteiger partial charge in [0.2, 0.25) is 11.8 Å². The maximum absolute atomic E-state index is 12.9. The number of rotatable bonds is 8. The van der Waals surface area contributed by atoms with E-state index in [2.05, 4.69) is 5.32 Å². The van der Waals surface area contributed by atoms with Crippen LogP contribution in [0.4, 0.5) is 8.78 Å². The fourth-order valence-corrected chi connectivity index (χ4v) is 2.80. The van der Waals surface area contributed by atoms with E-state index >= 15 is 0 Å². The van der Waals surface area contributed by atoms with Crippen molar-refractivity contribution in [3.05, 3.63) is 83.4 Å². The van der Waals surface area contributed by atoms with Crippen molar-refractivity contribution >= 4 is 24.0 Å². The molecule has 1 aliphatic carbocycles. The van der Waals surface area contributed by atoms with Gasteiger partial charge in [-0.05, 0) is 60.4 Å². The van der Waals surface area contributed by atoms with E-state index in [0.29, 0.717) is 13.1 Å². The van der Waals surface area contributed by atoms with E-state index in [1.54, 1.807) is 41.3 Å². The molecule has 1 aliphatic rings. The summed E-state index contributed by atoms with van der Waals surface area (Å²) >= 11 is 0. The number of carbonyl (C=O) groups is 2. The summed E-state index contributed by atoms with van der Waals surface area (Å²) in [6.07, 6.45) is 8.01. The number of amides is 2. The van der Waals surface area contributed by atoms with Crippen LogP contribution in [0.2, 0.25) is 0 Å². The van der Waals surface area contributed by atoms with E-state index in [0.717, 1.165) is 24.0 Å². The third kappa shape index (κ3) is 6.68. The molecule has 0 aliphatic heterocycles. The summed E-state index contributed by atoms with van der Waals surface area (Å²) in [5, 5.41) is 2.75. The maximum atomic E-state index is 12.9. The van der Waals surface area contributed by atoms with E-state index in [1.807, 2.05) is 0 Å². The average molecular weight is 396 g/mol. The molecule has 1 saturated carbocycles. The highest BCUT2D eigenvalue weighted by molar-refractivity contribution is 5.93. The molecule has 6 heteroatoms. The molecular weight excluding hydrogens is 374 g/mol. The minimum atomic E-state index is -0.329. The predicted octanol–water partition coefficient (Wildman–Crippen LogP) is 3.80. The minimum absolute atomic E-state index is 0.132. The molecule has 0 unspecified atom stereocenters. The topological polar surface area (TPSA) is 49.4 Å². The zero-order valence-corrected chi connectivity index (χ0v) is 15.9. The Balaban J connectivity index is 1.47. The number of hydrogen-bond donors (Lipinski definition) is 1. The first-order valence-electron chi connectivity index (χ1n) is 9.47. The Morgan fingerprint density at radius 3 is 1.93 bits per heavy atom. The van der Waals surface area contributed by atoms with Crippen LogP contribution in [0.1, 0.15) is 24.0 Å². The number of carbonyl (C=O) groups excluding carboxylic acids is 2. The monoisotopic (exact) mass is 396 g/mol. The average Bonchev–Trinajstić information content (AvgIpc) is 3.55. The van der Waals surface area contributed by atoms with Gasteiger partial charge in [-0.25, -0.2) is 8.78 Å². The molecule has 2 aromatic rings. The van der Waals surface area contributed by atoms with Crippen molar-refractivity contribution in [1.82, 2.24) is 10.2 Å². The minimum Gasteiger partial charge on any atom is -0.351 e. The van der Waals surface area contributed by atoms with Crippen LogP contribution in [-0.2, 0) is 9.59 Å². The lowest BCUT2D eigenvalue weighted by Gasteiger charge is -2.20. The summed E-state index contributed by atoms with van der Waals surface area (Å²) in [7, 11) is 0. The largest absolute Gasteiger partial charge is 0.351 e. The summed E-state index contributed by atoms with van der Waals surface area (Å²) in [5.41, 5.74) is 1.47. The van der Waals surface area contributed by atoms with E-state index < -0.39 is 0 Å². The first kappa shape index (κ1) is 20.5. The van der Waals surface area contributed by atoms with Crippen LogP contribution in [0.5, 0.6) is 0 Å². The maximum Gasteiger partial charge on any atom is 0.246 e. The SMILES string of the molecule is O=C(C=Cc1ccc(F)cc1)NCCN(C(=O)C=Cc1ccc(F)cc1)C1CC1. The van der Waals surface area contributed by atoms with Crippen molar-refractivity contribution in [2.24, 2.45) is 0 Å². The highest BCUT2D eigenvalue weighted by Crippen LogP contribution is 2.26. The van der Waals surface area contributed by atoms with E-state index in [1.165, 1.54) is 36.4 Å². The Labute approximate surface area is 168 Å². The second kappa shape index (κ2) is 9.78. The number of nitrogens with one attached hydrogen (secondary N) is 1. The van der Waals surface area contributed by atoms with E-state index in [4.69, 9.17) is 0 Å². The lowest BCUT2D eigenvalue weighted by molar-refractivity contribution is -0.127. The summed E-state index contributed by atoms with van der Waals surface area (Å²) in [6, 6.07) is 11.9. The molecule has 0 bridgehead atoms. The fraction of sp³-hybridized carbons (Fsp3) is 0.217. The molecule has 3 rings (SSSR count). The van der Waals surface area contributed by atoms with Crippen molar-refractivity contribution in [1.29, 1.82) is 0 Å². The Morgan fingerprint density at radius 2 is 1.41 bits per heavy atom. The molecule has 0 atom stereocenters. The quantitative estimate of drug-likeness (QED) is 0.690. The van der Waals surface area contributed by atoms with Gasteiger partial charge in [-0.3, -0.25) is 9.59 Å². The molecule has 2 aromatic carbocycles. The number of nitrogens with zero attached hydrogens (tertiary/aromatic N) is 1. The molecule has 4 nitrogen and oxygen atoms in total. The summed E-state index contributed by atoms with van der Waals surface area (Å²) in [4.78, 5) is 26.2. The zero-order chi connectivity index (χ0) is 20.6. The van der Waals surface area contributed by atoms with Gasteiger partial charge in [0.15, 0.2) is 0 Å². The fourth-order valence-electron chi connectivity index (χ4n) is 2.80. The second-order valence-corrected chi connectivity index (χ2v) is 6.82. The normalized spacial score (nSPS) is 13.7. The lowest BCUT2D eigenvalue weighted by atomic mass is 10.2. The first-order chi connectivity index (χ1) is 14.0. The molecule has 1 fully saturated rings. The van der Waals surface area contributed by atoms with Gasteiger partial charge in [0.25, 0.3) is 0 Å². The first-order valence-corrected chi connectivity index (χ1v) is 9.47. The third-order valence-corrected chi connectivity index (χ3v) is 4.51. The highest BCUT2D eigenvalue weighted by Gasteiger charge is 2.31. The van der Waals surface area contributed by atoms with Crippen LogP contribution in [-0.4, -0.2) is 35.8 Å². The van der Waals surface area contributed by atoms with Crippen molar-refractivity contribution in [2.75, 3.05) is 13.1 Å². The Kier molecular flexibility index (Phi) is 6.89. The van der Waals surface area contributed by atoms with Gasteiger partial charge in [-0.15, -0.1) is 0 Å². The van der Waals surface area contributed by atoms with Gasteiger partial charge in [0, 0.05) is 31.3 Å². The van der Waals surface area contributed by atoms with E-state index in [9.17, 15) is 18.4 Å². The van der Waals surface area contributed by atoms with Crippen LogP contribution in [0, 0.1) is 11.6 Å². The third-order valence-electron chi connectivity index (χ3n) is 4.51. The van der Waals surface area contributed by atoms with Crippen LogP contribution >= 0.6 is 0 Å². The number of hydrogen-bond acceptors (Lipinski definition) is 2. The lowest BCUT2D eigenvalue weighted by Crippen LogP contribution is -2.38. The van der Waals surface area contributed by atoms with Crippen molar-refractivity contribution in [3.63, 3.8) is 0 Å². The highest BCUT2D eigenvalue weighted by atomic mass is 19.1. The van der Waals surface area contributed by atoms with Gasteiger partial charge in [-0.1, -0.05) is 24.3 Å². The molecule has 0 aromatic heterocycles. The number of halogens is 2.